The van der Waals surface area contributed by atoms with Crippen LogP contribution >= 0.6 is 0 Å². The number of carbonyl (C=O) groups is 1. The van der Waals surface area contributed by atoms with Gasteiger partial charge in [0.2, 0.25) is 6.41 Å². The number of amides is 1. The summed E-state index contributed by atoms with van der Waals surface area (Å²) in [5.41, 5.74) is 2.54. The van der Waals surface area contributed by atoms with E-state index < -0.39 is 0 Å². The molecule has 1 fully saturated rings. The first-order chi connectivity index (χ1) is 6.01. The smallest absolute Gasteiger partial charge is 0.221 e. The minimum absolute atomic E-state index is 0.0954. The first kappa shape index (κ1) is 10.5. The quantitative estimate of drug-likeness (QED) is 0.654. The zero-order valence-corrected chi connectivity index (χ0v) is 8.54. The average Bonchev–Trinajstić information content (AvgIpc) is 2.33. The normalized spacial score (nSPS) is 24.7. The molecule has 1 amide bonds. The molecule has 4 heteroatoms. The van der Waals surface area contributed by atoms with Crippen molar-refractivity contribution in [2.24, 2.45) is 0 Å². The molecule has 1 heterocycles. The van der Waals surface area contributed by atoms with Crippen molar-refractivity contribution in [1.82, 2.24) is 10.4 Å². The predicted octanol–water partition coefficient (Wildman–Crippen LogP) is 0.537. The minimum Gasteiger partial charge on any atom is -0.371 e. The summed E-state index contributed by atoms with van der Waals surface area (Å²) >= 11 is 0. The maximum Gasteiger partial charge on any atom is 0.221 e. The van der Waals surface area contributed by atoms with Crippen molar-refractivity contribution in [2.75, 3.05) is 13.1 Å². The van der Waals surface area contributed by atoms with Crippen LogP contribution in [0.3, 0.4) is 0 Å². The molecule has 0 aliphatic carbocycles. The fourth-order valence-electron chi connectivity index (χ4n) is 1.52. The van der Waals surface area contributed by atoms with Gasteiger partial charge in [-0.05, 0) is 27.2 Å². The number of ether oxygens (including phenoxy) is 1. The van der Waals surface area contributed by atoms with Gasteiger partial charge in [-0.15, -0.1) is 0 Å². The Morgan fingerprint density at radius 1 is 1.54 bits per heavy atom. The molecule has 1 aliphatic rings. The largest absolute Gasteiger partial charge is 0.371 e. The molecule has 1 saturated heterocycles. The van der Waals surface area contributed by atoms with Crippen molar-refractivity contribution in [1.29, 1.82) is 0 Å². The van der Waals surface area contributed by atoms with Crippen molar-refractivity contribution >= 4 is 6.41 Å². The maximum absolute atomic E-state index is 10.2. The molecule has 0 radical (unpaired) electrons. The molecule has 0 saturated carbocycles. The highest BCUT2D eigenvalue weighted by Gasteiger charge is 2.26. The van der Waals surface area contributed by atoms with Crippen LogP contribution < -0.4 is 5.43 Å². The van der Waals surface area contributed by atoms with Gasteiger partial charge < -0.3 is 4.74 Å². The predicted molar refractivity (Wildman–Crippen MR) is 50.0 cm³/mol. The second-order valence-electron chi connectivity index (χ2n) is 4.33. The van der Waals surface area contributed by atoms with Gasteiger partial charge in [0.05, 0.1) is 11.7 Å². The molecule has 1 unspecified atom stereocenters. The highest BCUT2D eigenvalue weighted by molar-refractivity contribution is 5.45. The summed E-state index contributed by atoms with van der Waals surface area (Å²) in [5, 5.41) is 1.88. The molecule has 1 atom stereocenters. The molecule has 76 valence electrons. The van der Waals surface area contributed by atoms with Crippen LogP contribution in [-0.2, 0) is 9.53 Å². The van der Waals surface area contributed by atoms with Gasteiger partial charge in [-0.25, -0.2) is 5.01 Å². The number of hydrogen-bond donors (Lipinski definition) is 1. The fraction of sp³-hybridized carbons (Fsp3) is 0.889. The van der Waals surface area contributed by atoms with Crippen LogP contribution in [-0.4, -0.2) is 36.2 Å². The Bertz CT molecular complexity index is 177. The van der Waals surface area contributed by atoms with E-state index >= 15 is 0 Å². The van der Waals surface area contributed by atoms with Crippen molar-refractivity contribution in [3.05, 3.63) is 0 Å². The topological polar surface area (TPSA) is 41.6 Å². The second-order valence-corrected chi connectivity index (χ2v) is 4.33. The van der Waals surface area contributed by atoms with Crippen LogP contribution in [0.15, 0.2) is 0 Å². The number of rotatable bonds is 3. The monoisotopic (exact) mass is 186 g/mol. The third-order valence-electron chi connectivity index (χ3n) is 1.90. The molecule has 0 aromatic rings. The van der Waals surface area contributed by atoms with E-state index in [1.807, 2.05) is 25.8 Å². The number of nitrogens with zero attached hydrogens (tertiary/aromatic N) is 1. The molecule has 0 aromatic heterocycles. The van der Waals surface area contributed by atoms with Crippen LogP contribution in [0.2, 0.25) is 0 Å². The number of nitrogens with one attached hydrogen (secondary N) is 1. The van der Waals surface area contributed by atoms with E-state index in [0.29, 0.717) is 6.41 Å². The summed E-state index contributed by atoms with van der Waals surface area (Å²) < 4.78 is 5.78. The molecular weight excluding hydrogens is 168 g/mol. The lowest BCUT2D eigenvalue weighted by atomic mass is 10.2. The molecule has 0 aromatic carbocycles. The van der Waals surface area contributed by atoms with Crippen molar-refractivity contribution in [3.8, 4) is 0 Å². The highest BCUT2D eigenvalue weighted by Crippen LogP contribution is 2.17. The van der Waals surface area contributed by atoms with Gasteiger partial charge in [0, 0.05) is 13.1 Å². The van der Waals surface area contributed by atoms with Crippen LogP contribution in [0.1, 0.15) is 27.2 Å². The number of hydrogen-bond acceptors (Lipinski definition) is 3. The summed E-state index contributed by atoms with van der Waals surface area (Å²) in [6.45, 7) is 7.80. The first-order valence-electron chi connectivity index (χ1n) is 4.64. The van der Waals surface area contributed by atoms with Gasteiger partial charge in [-0.2, -0.15) is 0 Å². The van der Waals surface area contributed by atoms with E-state index in [-0.39, 0.29) is 11.7 Å². The van der Waals surface area contributed by atoms with Gasteiger partial charge in [-0.1, -0.05) is 0 Å². The summed E-state index contributed by atoms with van der Waals surface area (Å²) in [4.78, 5) is 10.2. The lowest BCUT2D eigenvalue weighted by Gasteiger charge is -2.24. The van der Waals surface area contributed by atoms with E-state index in [4.69, 9.17) is 4.74 Å². The van der Waals surface area contributed by atoms with Crippen molar-refractivity contribution in [3.63, 3.8) is 0 Å². The third-order valence-corrected chi connectivity index (χ3v) is 1.90. The number of hydrazine groups is 1. The van der Waals surface area contributed by atoms with Gasteiger partial charge >= 0.3 is 0 Å². The fourth-order valence-corrected chi connectivity index (χ4v) is 1.52. The molecule has 0 bridgehead atoms. The van der Waals surface area contributed by atoms with E-state index in [0.717, 1.165) is 19.5 Å². The van der Waals surface area contributed by atoms with Crippen LogP contribution in [0.4, 0.5) is 0 Å². The zero-order valence-electron chi connectivity index (χ0n) is 8.54. The molecule has 0 spiro atoms. The molecule has 1 N–H and O–H groups in total. The molecule has 1 rings (SSSR count). The maximum atomic E-state index is 10.2. The summed E-state index contributed by atoms with van der Waals surface area (Å²) in [6.07, 6.45) is 1.94. The SMILES string of the molecule is CC(C)(C)OC1CCN(NC=O)C1. The Kier molecular flexibility index (Phi) is 3.27. The van der Waals surface area contributed by atoms with Crippen molar-refractivity contribution < 1.29 is 9.53 Å². The van der Waals surface area contributed by atoms with Crippen molar-refractivity contribution in [2.45, 2.75) is 38.9 Å². The lowest BCUT2D eigenvalue weighted by Crippen LogP contribution is -2.37. The van der Waals surface area contributed by atoms with Crippen LogP contribution in [0, 0.1) is 0 Å². The molecular formula is C9H18N2O2. The Morgan fingerprint density at radius 2 is 2.23 bits per heavy atom. The summed E-state index contributed by atoms with van der Waals surface area (Å²) in [7, 11) is 0. The summed E-state index contributed by atoms with van der Waals surface area (Å²) in [6, 6.07) is 0. The van der Waals surface area contributed by atoms with E-state index in [9.17, 15) is 4.79 Å². The Labute approximate surface area is 79.2 Å². The third kappa shape index (κ3) is 3.74. The van der Waals surface area contributed by atoms with Gasteiger partial charge in [-0.3, -0.25) is 10.2 Å². The van der Waals surface area contributed by atoms with E-state index in [1.54, 1.807) is 0 Å². The Hall–Kier alpha value is -0.610. The lowest BCUT2D eigenvalue weighted by molar-refractivity contribution is -0.113. The van der Waals surface area contributed by atoms with Crippen LogP contribution in [0.25, 0.3) is 0 Å². The molecule has 1 aliphatic heterocycles. The molecule has 13 heavy (non-hydrogen) atoms. The van der Waals surface area contributed by atoms with Gasteiger partial charge in [0.15, 0.2) is 0 Å². The molecule has 4 nitrogen and oxygen atoms in total. The highest BCUT2D eigenvalue weighted by atomic mass is 16.5. The van der Waals surface area contributed by atoms with Crippen LogP contribution in [0.5, 0.6) is 0 Å². The zero-order chi connectivity index (χ0) is 9.90. The first-order valence-corrected chi connectivity index (χ1v) is 4.64. The Balaban J connectivity index is 2.29. The van der Waals surface area contributed by atoms with Gasteiger partial charge in [0.25, 0.3) is 0 Å². The second kappa shape index (κ2) is 4.07. The standard InChI is InChI=1S/C9H18N2O2/c1-9(2,3)13-8-4-5-11(6-8)10-7-12/h7-8H,4-6H2,1-3H3,(H,10,12). The number of carbonyl (C=O) groups excluding carboxylic acids is 1. The average molecular weight is 186 g/mol. The van der Waals surface area contributed by atoms with E-state index in [2.05, 4.69) is 5.43 Å². The minimum atomic E-state index is -0.0954. The Morgan fingerprint density at radius 3 is 2.77 bits per heavy atom. The summed E-state index contributed by atoms with van der Waals surface area (Å²) in [5.74, 6) is 0. The van der Waals surface area contributed by atoms with Gasteiger partial charge in [0.1, 0.15) is 0 Å². The van der Waals surface area contributed by atoms with E-state index in [1.165, 1.54) is 0 Å².